The molecule has 0 bridgehead atoms. The van der Waals surface area contributed by atoms with Gasteiger partial charge in [0, 0.05) is 5.41 Å². The molecule has 0 aromatic heterocycles. The maximum Gasteiger partial charge on any atom is 0.0630 e. The zero-order valence-corrected chi connectivity index (χ0v) is 7.34. The Balaban J connectivity index is 2.69. The van der Waals surface area contributed by atoms with Gasteiger partial charge in [-0.25, -0.2) is 0 Å². The first-order valence-electron chi connectivity index (χ1n) is 4.57. The van der Waals surface area contributed by atoms with Crippen LogP contribution in [0.25, 0.3) is 0 Å². The molecule has 1 fully saturated rings. The standard InChI is InChI=1S/C10H18O/c1-3-10(4-2)8-6-5-7-9(10)11/h3,9,11H,1,4-8H2,2H3/t9-,10-/m0/s1. The van der Waals surface area contributed by atoms with Crippen molar-refractivity contribution in [1.82, 2.24) is 0 Å². The van der Waals surface area contributed by atoms with Crippen molar-refractivity contribution < 1.29 is 5.11 Å². The summed E-state index contributed by atoms with van der Waals surface area (Å²) in [7, 11) is 0. The second-order valence-corrected chi connectivity index (χ2v) is 3.55. The molecule has 0 amide bonds. The molecule has 64 valence electrons. The van der Waals surface area contributed by atoms with Crippen LogP contribution in [0.3, 0.4) is 0 Å². The van der Waals surface area contributed by atoms with Gasteiger partial charge in [0.25, 0.3) is 0 Å². The van der Waals surface area contributed by atoms with Crippen LogP contribution in [0.2, 0.25) is 0 Å². The third-order valence-electron chi connectivity index (χ3n) is 3.10. The van der Waals surface area contributed by atoms with Crippen molar-refractivity contribution in [2.45, 2.75) is 45.1 Å². The van der Waals surface area contributed by atoms with E-state index in [1.807, 2.05) is 6.08 Å². The Morgan fingerprint density at radius 1 is 1.64 bits per heavy atom. The van der Waals surface area contributed by atoms with Crippen LogP contribution in [0, 0.1) is 5.41 Å². The van der Waals surface area contributed by atoms with E-state index >= 15 is 0 Å². The summed E-state index contributed by atoms with van der Waals surface area (Å²) in [6.07, 6.45) is 7.34. The van der Waals surface area contributed by atoms with Gasteiger partial charge in [0.1, 0.15) is 0 Å². The van der Waals surface area contributed by atoms with Crippen LogP contribution in [0.4, 0.5) is 0 Å². The molecular weight excluding hydrogens is 136 g/mol. The predicted octanol–water partition coefficient (Wildman–Crippen LogP) is 2.50. The first kappa shape index (κ1) is 8.79. The van der Waals surface area contributed by atoms with E-state index < -0.39 is 0 Å². The SMILES string of the molecule is C=C[C@]1(CC)CCCC[C@@H]1O. The Kier molecular flexibility index (Phi) is 2.72. The van der Waals surface area contributed by atoms with E-state index in [9.17, 15) is 5.11 Å². The lowest BCUT2D eigenvalue weighted by molar-refractivity contribution is 0.0187. The molecule has 1 rings (SSSR count). The molecule has 0 spiro atoms. The van der Waals surface area contributed by atoms with E-state index in [0.29, 0.717) is 0 Å². The van der Waals surface area contributed by atoms with Crippen molar-refractivity contribution in [3.63, 3.8) is 0 Å². The summed E-state index contributed by atoms with van der Waals surface area (Å²) >= 11 is 0. The first-order valence-corrected chi connectivity index (χ1v) is 4.57. The van der Waals surface area contributed by atoms with Crippen LogP contribution < -0.4 is 0 Å². The second-order valence-electron chi connectivity index (χ2n) is 3.55. The molecular formula is C10H18O. The molecule has 2 atom stereocenters. The lowest BCUT2D eigenvalue weighted by Gasteiger charge is -2.38. The third kappa shape index (κ3) is 1.48. The summed E-state index contributed by atoms with van der Waals surface area (Å²) in [6.45, 7) is 5.95. The van der Waals surface area contributed by atoms with Crippen LogP contribution in [0.15, 0.2) is 12.7 Å². The Labute approximate surface area is 69.1 Å². The molecule has 0 saturated heterocycles. The Bertz CT molecular complexity index is 142. The number of aliphatic hydroxyl groups is 1. The molecule has 1 aliphatic carbocycles. The highest BCUT2D eigenvalue weighted by molar-refractivity contribution is 5.00. The normalized spacial score (nSPS) is 38.5. The first-order chi connectivity index (χ1) is 5.25. The average Bonchev–Trinajstić information content (AvgIpc) is 2.06. The monoisotopic (exact) mass is 154 g/mol. The molecule has 1 saturated carbocycles. The molecule has 0 aromatic rings. The summed E-state index contributed by atoms with van der Waals surface area (Å²) < 4.78 is 0. The van der Waals surface area contributed by atoms with Crippen LogP contribution >= 0.6 is 0 Å². The van der Waals surface area contributed by atoms with E-state index in [-0.39, 0.29) is 11.5 Å². The summed E-state index contributed by atoms with van der Waals surface area (Å²) in [4.78, 5) is 0. The quantitative estimate of drug-likeness (QED) is 0.606. The summed E-state index contributed by atoms with van der Waals surface area (Å²) in [5.74, 6) is 0. The van der Waals surface area contributed by atoms with Crippen molar-refractivity contribution in [2.75, 3.05) is 0 Å². The zero-order valence-electron chi connectivity index (χ0n) is 7.34. The van der Waals surface area contributed by atoms with Gasteiger partial charge in [-0.05, 0) is 19.3 Å². The van der Waals surface area contributed by atoms with Crippen LogP contribution in [-0.2, 0) is 0 Å². The summed E-state index contributed by atoms with van der Waals surface area (Å²) in [5, 5.41) is 9.75. The molecule has 1 N–H and O–H groups in total. The van der Waals surface area contributed by atoms with Crippen molar-refractivity contribution in [3.8, 4) is 0 Å². The van der Waals surface area contributed by atoms with Gasteiger partial charge in [0.15, 0.2) is 0 Å². The molecule has 1 heteroatoms. The third-order valence-corrected chi connectivity index (χ3v) is 3.10. The molecule has 0 aliphatic heterocycles. The molecule has 1 aliphatic rings. The fraction of sp³-hybridized carbons (Fsp3) is 0.800. The maximum atomic E-state index is 9.75. The van der Waals surface area contributed by atoms with Gasteiger partial charge < -0.3 is 5.11 Å². The van der Waals surface area contributed by atoms with Gasteiger partial charge in [0.05, 0.1) is 6.10 Å². The smallest absolute Gasteiger partial charge is 0.0630 e. The molecule has 11 heavy (non-hydrogen) atoms. The topological polar surface area (TPSA) is 20.2 Å². The molecule has 0 aromatic carbocycles. The predicted molar refractivity (Wildman–Crippen MR) is 47.4 cm³/mol. The van der Waals surface area contributed by atoms with Crippen molar-refractivity contribution >= 4 is 0 Å². The van der Waals surface area contributed by atoms with E-state index in [4.69, 9.17) is 0 Å². The molecule has 0 unspecified atom stereocenters. The largest absolute Gasteiger partial charge is 0.392 e. The molecule has 1 nitrogen and oxygen atoms in total. The lowest BCUT2D eigenvalue weighted by Crippen LogP contribution is -2.35. The minimum Gasteiger partial charge on any atom is -0.392 e. The second kappa shape index (κ2) is 3.40. The minimum absolute atomic E-state index is 0.0399. The van der Waals surface area contributed by atoms with Gasteiger partial charge in [-0.15, -0.1) is 6.58 Å². The van der Waals surface area contributed by atoms with Crippen molar-refractivity contribution in [2.24, 2.45) is 5.41 Å². The van der Waals surface area contributed by atoms with Gasteiger partial charge in [-0.2, -0.15) is 0 Å². The summed E-state index contributed by atoms with van der Waals surface area (Å²) in [5.41, 5.74) is 0.0399. The highest BCUT2D eigenvalue weighted by Gasteiger charge is 2.34. The minimum atomic E-state index is -0.140. The summed E-state index contributed by atoms with van der Waals surface area (Å²) in [6, 6.07) is 0. The number of aliphatic hydroxyl groups excluding tert-OH is 1. The highest BCUT2D eigenvalue weighted by atomic mass is 16.3. The van der Waals surface area contributed by atoms with Crippen molar-refractivity contribution in [1.29, 1.82) is 0 Å². The Hall–Kier alpha value is -0.300. The van der Waals surface area contributed by atoms with Crippen molar-refractivity contribution in [3.05, 3.63) is 12.7 Å². The molecule has 0 radical (unpaired) electrons. The Morgan fingerprint density at radius 3 is 2.73 bits per heavy atom. The maximum absolute atomic E-state index is 9.75. The van der Waals surface area contributed by atoms with Crippen LogP contribution in [0.5, 0.6) is 0 Å². The molecule has 0 heterocycles. The van der Waals surface area contributed by atoms with E-state index in [2.05, 4.69) is 13.5 Å². The van der Waals surface area contributed by atoms with E-state index in [1.54, 1.807) is 0 Å². The van der Waals surface area contributed by atoms with Gasteiger partial charge in [-0.3, -0.25) is 0 Å². The van der Waals surface area contributed by atoms with E-state index in [0.717, 1.165) is 19.3 Å². The van der Waals surface area contributed by atoms with Crippen LogP contribution in [-0.4, -0.2) is 11.2 Å². The van der Waals surface area contributed by atoms with Gasteiger partial charge in [-0.1, -0.05) is 25.8 Å². The van der Waals surface area contributed by atoms with Crippen LogP contribution in [0.1, 0.15) is 39.0 Å². The Morgan fingerprint density at radius 2 is 2.36 bits per heavy atom. The average molecular weight is 154 g/mol. The van der Waals surface area contributed by atoms with Gasteiger partial charge >= 0.3 is 0 Å². The van der Waals surface area contributed by atoms with Gasteiger partial charge in [0.2, 0.25) is 0 Å². The highest BCUT2D eigenvalue weighted by Crippen LogP contribution is 2.40. The fourth-order valence-electron chi connectivity index (χ4n) is 2.04. The van der Waals surface area contributed by atoms with E-state index in [1.165, 1.54) is 12.8 Å². The lowest BCUT2D eigenvalue weighted by atomic mass is 9.70. The zero-order chi connectivity index (χ0) is 8.32. The fourth-order valence-corrected chi connectivity index (χ4v) is 2.04. The number of hydrogen-bond donors (Lipinski definition) is 1. The number of hydrogen-bond acceptors (Lipinski definition) is 1. The number of rotatable bonds is 2.